The van der Waals surface area contributed by atoms with E-state index in [1.165, 1.54) is 29.0 Å². The van der Waals surface area contributed by atoms with Crippen molar-refractivity contribution in [3.8, 4) is 6.07 Å². The predicted molar refractivity (Wildman–Crippen MR) is 103 cm³/mol. The predicted octanol–water partition coefficient (Wildman–Crippen LogP) is 1.43. The lowest BCUT2D eigenvalue weighted by molar-refractivity contribution is 0.101. The molecule has 152 valence electrons. The topological polar surface area (TPSA) is 124 Å². The maximum absolute atomic E-state index is 13.5. The molecule has 1 amide bonds. The number of sulfonamides is 1. The highest BCUT2D eigenvalue weighted by molar-refractivity contribution is 7.89. The van der Waals surface area contributed by atoms with E-state index in [9.17, 15) is 22.7 Å². The Kier molecular flexibility index (Phi) is 5.57. The fourth-order valence-corrected chi connectivity index (χ4v) is 4.93. The molecule has 10 heteroatoms. The number of amides is 1. The third kappa shape index (κ3) is 3.93. The number of halogens is 1. The molecule has 0 aliphatic carbocycles. The highest BCUT2D eigenvalue weighted by Crippen LogP contribution is 2.28. The number of hydrogen-bond acceptors (Lipinski definition) is 5. The number of anilines is 1. The highest BCUT2D eigenvalue weighted by atomic mass is 32.2. The van der Waals surface area contributed by atoms with Crippen LogP contribution in [0.4, 0.5) is 10.1 Å². The Morgan fingerprint density at radius 3 is 2.93 bits per heavy atom. The van der Waals surface area contributed by atoms with Gasteiger partial charge in [0.25, 0.3) is 5.91 Å². The molecule has 0 spiro atoms. The number of nitrogens with zero attached hydrogens (tertiary/aromatic N) is 2. The zero-order chi connectivity index (χ0) is 21.3. The molecule has 1 aromatic carbocycles. The molecular weight excluding hydrogens is 399 g/mol. The van der Waals surface area contributed by atoms with Crippen LogP contribution in [0.25, 0.3) is 0 Å². The van der Waals surface area contributed by atoms with Crippen LogP contribution in [-0.4, -0.2) is 36.1 Å². The molecule has 2 atom stereocenters. The fourth-order valence-electron chi connectivity index (χ4n) is 3.32. The molecule has 1 aliphatic rings. The molecule has 1 aromatic heterocycles. The minimum atomic E-state index is -3.96. The Morgan fingerprint density at radius 2 is 2.28 bits per heavy atom. The van der Waals surface area contributed by atoms with Crippen molar-refractivity contribution in [3.63, 3.8) is 0 Å². The molecule has 0 radical (unpaired) electrons. The molecule has 1 aliphatic heterocycles. The van der Waals surface area contributed by atoms with Crippen molar-refractivity contribution in [1.29, 1.82) is 5.26 Å². The number of aryl methyl sites for hydroxylation is 1. The van der Waals surface area contributed by atoms with E-state index in [2.05, 4.69) is 16.6 Å². The summed E-state index contributed by atoms with van der Waals surface area (Å²) in [5.41, 5.74) is 0.430. The first kappa shape index (κ1) is 20.7. The average Bonchev–Trinajstić information content (AvgIpc) is 2.96. The molecule has 29 heavy (non-hydrogen) atoms. The van der Waals surface area contributed by atoms with E-state index in [0.29, 0.717) is 5.56 Å². The Morgan fingerprint density at radius 1 is 1.55 bits per heavy atom. The van der Waals surface area contributed by atoms with E-state index in [4.69, 9.17) is 5.26 Å². The van der Waals surface area contributed by atoms with Gasteiger partial charge in [0.2, 0.25) is 10.0 Å². The van der Waals surface area contributed by atoms with E-state index in [1.807, 2.05) is 0 Å². The monoisotopic (exact) mass is 418 g/mol. The second-order valence-electron chi connectivity index (χ2n) is 6.68. The Bertz CT molecular complexity index is 1130. The van der Waals surface area contributed by atoms with Crippen molar-refractivity contribution in [2.45, 2.75) is 29.9 Å². The number of rotatable bonds is 4. The lowest BCUT2D eigenvalue weighted by atomic mass is 10.0. The van der Waals surface area contributed by atoms with Crippen LogP contribution in [0.1, 0.15) is 28.0 Å². The molecule has 3 rings (SSSR count). The van der Waals surface area contributed by atoms with Gasteiger partial charge in [0, 0.05) is 24.5 Å². The van der Waals surface area contributed by atoms with E-state index in [-0.39, 0.29) is 34.7 Å². The van der Waals surface area contributed by atoms with Gasteiger partial charge in [-0.15, -0.1) is 6.58 Å². The van der Waals surface area contributed by atoms with Crippen LogP contribution < -0.4 is 10.0 Å². The van der Waals surface area contributed by atoms with E-state index in [0.717, 1.165) is 6.07 Å². The molecule has 2 heterocycles. The molecule has 2 aromatic rings. The van der Waals surface area contributed by atoms with Crippen LogP contribution >= 0.6 is 0 Å². The average molecular weight is 418 g/mol. The van der Waals surface area contributed by atoms with Crippen LogP contribution in [0.3, 0.4) is 0 Å². The minimum Gasteiger partial charge on any atom is -0.387 e. The van der Waals surface area contributed by atoms with E-state index < -0.39 is 33.9 Å². The van der Waals surface area contributed by atoms with Gasteiger partial charge in [0.15, 0.2) is 0 Å². The van der Waals surface area contributed by atoms with Gasteiger partial charge in [-0.3, -0.25) is 4.79 Å². The van der Waals surface area contributed by atoms with E-state index >= 15 is 0 Å². The summed E-state index contributed by atoms with van der Waals surface area (Å²) in [5, 5.41) is 21.5. The maximum atomic E-state index is 13.5. The van der Waals surface area contributed by atoms with Crippen molar-refractivity contribution in [2.24, 2.45) is 7.05 Å². The maximum Gasteiger partial charge on any atom is 0.272 e. The lowest BCUT2D eigenvalue weighted by Crippen LogP contribution is -2.41. The number of carbonyl (C=O) groups is 1. The summed E-state index contributed by atoms with van der Waals surface area (Å²) in [5.74, 6) is -1.30. The number of aliphatic hydroxyl groups is 1. The molecule has 0 saturated heterocycles. The van der Waals surface area contributed by atoms with Gasteiger partial charge >= 0.3 is 0 Å². The summed E-state index contributed by atoms with van der Waals surface area (Å²) < 4.78 is 42.8. The normalized spacial score (nSPS) is 18.8. The van der Waals surface area contributed by atoms with Gasteiger partial charge < -0.3 is 15.0 Å². The van der Waals surface area contributed by atoms with Gasteiger partial charge in [-0.1, -0.05) is 6.08 Å². The summed E-state index contributed by atoms with van der Waals surface area (Å²) in [6.45, 7) is 3.48. The lowest BCUT2D eigenvalue weighted by Gasteiger charge is -2.19. The quantitative estimate of drug-likeness (QED) is 0.648. The second kappa shape index (κ2) is 7.79. The standard InChI is InChI=1S/C19H19FN4O4S/c1-3-16(25)15-7-5-13-17(29(27,28)23-15)10-24(2)18(13)19(26)22-12-4-6-14(20)11(8-12)9-21/h3-4,6,8,10,15-16,23,25H,1,5,7H2,2H3,(H,22,26). The smallest absolute Gasteiger partial charge is 0.272 e. The molecule has 3 N–H and O–H groups in total. The summed E-state index contributed by atoms with van der Waals surface area (Å²) in [7, 11) is -2.42. The van der Waals surface area contributed by atoms with Crippen LogP contribution in [0.2, 0.25) is 0 Å². The zero-order valence-corrected chi connectivity index (χ0v) is 16.3. The number of nitrogens with one attached hydrogen (secondary N) is 2. The first-order valence-electron chi connectivity index (χ1n) is 8.70. The van der Waals surface area contributed by atoms with Crippen LogP contribution in [-0.2, 0) is 23.5 Å². The first-order chi connectivity index (χ1) is 13.7. The molecule has 2 unspecified atom stereocenters. The Hall–Kier alpha value is -3.00. The van der Waals surface area contributed by atoms with Crippen molar-refractivity contribution in [1.82, 2.24) is 9.29 Å². The highest BCUT2D eigenvalue weighted by Gasteiger charge is 2.34. The van der Waals surface area contributed by atoms with Crippen LogP contribution in [0.15, 0.2) is 41.9 Å². The zero-order valence-electron chi connectivity index (χ0n) is 15.5. The van der Waals surface area contributed by atoms with Crippen LogP contribution in [0.5, 0.6) is 0 Å². The van der Waals surface area contributed by atoms with Gasteiger partial charge in [0.1, 0.15) is 22.5 Å². The van der Waals surface area contributed by atoms with Crippen molar-refractivity contribution in [2.75, 3.05) is 5.32 Å². The summed E-state index contributed by atoms with van der Waals surface area (Å²) >= 11 is 0. The number of fused-ring (bicyclic) bond motifs is 1. The number of nitriles is 1. The number of carbonyl (C=O) groups excluding carboxylic acids is 1. The molecule has 8 nitrogen and oxygen atoms in total. The van der Waals surface area contributed by atoms with Gasteiger partial charge in [-0.2, -0.15) is 5.26 Å². The molecule has 0 saturated carbocycles. The first-order valence-corrected chi connectivity index (χ1v) is 10.2. The van der Waals surface area contributed by atoms with E-state index in [1.54, 1.807) is 13.1 Å². The number of aromatic nitrogens is 1. The minimum absolute atomic E-state index is 0.0410. The summed E-state index contributed by atoms with van der Waals surface area (Å²) in [6.07, 6.45) is 2.01. The summed E-state index contributed by atoms with van der Waals surface area (Å²) in [4.78, 5) is 12.8. The number of aliphatic hydroxyl groups excluding tert-OH is 1. The fraction of sp³-hybridized carbons (Fsp3) is 0.263. The van der Waals surface area contributed by atoms with Crippen molar-refractivity contribution in [3.05, 3.63) is 59.7 Å². The molecule has 0 fully saturated rings. The third-order valence-corrected chi connectivity index (χ3v) is 6.31. The third-order valence-electron chi connectivity index (χ3n) is 4.76. The number of hydrogen-bond donors (Lipinski definition) is 3. The second-order valence-corrected chi connectivity index (χ2v) is 8.37. The van der Waals surface area contributed by atoms with Crippen molar-refractivity contribution < 1.29 is 22.7 Å². The van der Waals surface area contributed by atoms with Gasteiger partial charge in [-0.05, 0) is 31.0 Å². The Balaban J connectivity index is 1.97. The Labute approximate surface area is 167 Å². The summed E-state index contributed by atoms with van der Waals surface area (Å²) in [6, 6.07) is 4.50. The van der Waals surface area contributed by atoms with Crippen molar-refractivity contribution >= 4 is 21.6 Å². The SMILES string of the molecule is C=CC(O)C1CCc2c(cn(C)c2C(=O)Nc2ccc(F)c(C#N)c2)S(=O)(=O)N1. The van der Waals surface area contributed by atoms with Crippen LogP contribution in [0, 0.1) is 17.1 Å². The number of benzene rings is 1. The molecular formula is C19H19FN4O4S. The largest absolute Gasteiger partial charge is 0.387 e. The van der Waals surface area contributed by atoms with Gasteiger partial charge in [0.05, 0.1) is 17.7 Å². The molecule has 0 bridgehead atoms. The van der Waals surface area contributed by atoms with Gasteiger partial charge in [-0.25, -0.2) is 17.5 Å².